The van der Waals surface area contributed by atoms with Crippen molar-refractivity contribution in [3.63, 3.8) is 0 Å². The second kappa shape index (κ2) is 7.26. The summed E-state index contributed by atoms with van der Waals surface area (Å²) in [5.74, 6) is 0.0883. The van der Waals surface area contributed by atoms with Gasteiger partial charge >= 0.3 is 5.97 Å². The van der Waals surface area contributed by atoms with Gasteiger partial charge in [-0.15, -0.1) is 0 Å². The molecule has 0 radical (unpaired) electrons. The standard InChI is InChI=1S/C16H14BrFO4/c1-20-14-8-11(16(19)21-2)7-13(17)15(14)22-9-10-3-5-12(18)6-4-10/h3-8H,9H2,1-2H3. The van der Waals surface area contributed by atoms with Crippen LogP contribution in [0.5, 0.6) is 11.5 Å². The van der Waals surface area contributed by atoms with Gasteiger partial charge in [0.15, 0.2) is 11.5 Å². The summed E-state index contributed by atoms with van der Waals surface area (Å²) in [6, 6.07) is 9.14. The van der Waals surface area contributed by atoms with Gasteiger partial charge in [-0.05, 0) is 45.8 Å². The maximum absolute atomic E-state index is 12.9. The van der Waals surface area contributed by atoms with Crippen LogP contribution in [0, 0.1) is 5.82 Å². The van der Waals surface area contributed by atoms with Crippen LogP contribution in [0.15, 0.2) is 40.9 Å². The van der Waals surface area contributed by atoms with Gasteiger partial charge in [0.1, 0.15) is 12.4 Å². The summed E-state index contributed by atoms with van der Waals surface area (Å²) < 4.78 is 29.1. The zero-order valence-electron chi connectivity index (χ0n) is 12.1. The highest BCUT2D eigenvalue weighted by atomic mass is 79.9. The Bertz CT molecular complexity index is 671. The third-order valence-electron chi connectivity index (χ3n) is 2.95. The first kappa shape index (κ1) is 16.3. The van der Waals surface area contributed by atoms with E-state index < -0.39 is 5.97 Å². The lowest BCUT2D eigenvalue weighted by Crippen LogP contribution is -2.04. The normalized spacial score (nSPS) is 10.2. The van der Waals surface area contributed by atoms with Crippen molar-refractivity contribution in [3.8, 4) is 11.5 Å². The Labute approximate surface area is 135 Å². The highest BCUT2D eigenvalue weighted by Crippen LogP contribution is 2.37. The number of esters is 1. The molecule has 0 N–H and O–H groups in total. The summed E-state index contributed by atoms with van der Waals surface area (Å²) in [4.78, 5) is 11.6. The van der Waals surface area contributed by atoms with Crippen LogP contribution in [0.4, 0.5) is 4.39 Å². The van der Waals surface area contributed by atoms with Crippen molar-refractivity contribution in [2.75, 3.05) is 14.2 Å². The molecule has 0 saturated heterocycles. The molecule has 0 aliphatic rings. The SMILES string of the molecule is COC(=O)c1cc(Br)c(OCc2ccc(F)cc2)c(OC)c1. The second-order valence-electron chi connectivity index (χ2n) is 4.40. The summed E-state index contributed by atoms with van der Waals surface area (Å²) >= 11 is 3.35. The minimum Gasteiger partial charge on any atom is -0.493 e. The van der Waals surface area contributed by atoms with Gasteiger partial charge in [-0.25, -0.2) is 9.18 Å². The number of halogens is 2. The predicted octanol–water partition coefficient (Wildman–Crippen LogP) is 3.96. The van der Waals surface area contributed by atoms with Crippen molar-refractivity contribution in [2.45, 2.75) is 6.61 Å². The second-order valence-corrected chi connectivity index (χ2v) is 5.25. The van der Waals surface area contributed by atoms with Crippen molar-refractivity contribution >= 4 is 21.9 Å². The first-order valence-electron chi connectivity index (χ1n) is 6.38. The lowest BCUT2D eigenvalue weighted by Gasteiger charge is -2.14. The highest BCUT2D eigenvalue weighted by Gasteiger charge is 2.16. The van der Waals surface area contributed by atoms with Crippen LogP contribution in [0.2, 0.25) is 0 Å². The summed E-state index contributed by atoms with van der Waals surface area (Å²) in [7, 11) is 2.79. The van der Waals surface area contributed by atoms with Gasteiger partial charge in [-0.3, -0.25) is 0 Å². The van der Waals surface area contributed by atoms with Crippen LogP contribution in [0.25, 0.3) is 0 Å². The van der Waals surface area contributed by atoms with E-state index >= 15 is 0 Å². The minimum atomic E-state index is -0.468. The predicted molar refractivity (Wildman–Crippen MR) is 82.8 cm³/mol. The summed E-state index contributed by atoms with van der Waals surface area (Å²) in [6.07, 6.45) is 0. The molecule has 0 heterocycles. The van der Waals surface area contributed by atoms with E-state index in [0.717, 1.165) is 5.56 Å². The Hall–Kier alpha value is -2.08. The average molecular weight is 369 g/mol. The molecule has 6 heteroatoms. The van der Waals surface area contributed by atoms with Crippen LogP contribution in [0.1, 0.15) is 15.9 Å². The number of methoxy groups -OCH3 is 2. The first-order valence-corrected chi connectivity index (χ1v) is 7.17. The molecule has 0 atom stereocenters. The molecule has 0 spiro atoms. The van der Waals surface area contributed by atoms with Crippen molar-refractivity contribution in [1.82, 2.24) is 0 Å². The minimum absolute atomic E-state index is 0.243. The van der Waals surface area contributed by atoms with Crippen molar-refractivity contribution in [1.29, 1.82) is 0 Å². The molecule has 0 saturated carbocycles. The molecule has 2 aromatic carbocycles. The largest absolute Gasteiger partial charge is 0.493 e. The number of benzene rings is 2. The van der Waals surface area contributed by atoms with E-state index in [1.54, 1.807) is 18.2 Å². The molecule has 0 amide bonds. The van der Waals surface area contributed by atoms with Crippen molar-refractivity contribution in [3.05, 3.63) is 57.8 Å². The molecule has 0 bridgehead atoms. The molecule has 4 nitrogen and oxygen atoms in total. The molecular weight excluding hydrogens is 355 g/mol. The van der Waals surface area contributed by atoms with E-state index in [1.165, 1.54) is 32.4 Å². The molecule has 0 aromatic heterocycles. The fraction of sp³-hybridized carbons (Fsp3) is 0.188. The van der Waals surface area contributed by atoms with Crippen LogP contribution >= 0.6 is 15.9 Å². The molecule has 2 aromatic rings. The van der Waals surface area contributed by atoms with Gasteiger partial charge in [0.05, 0.1) is 24.3 Å². The lowest BCUT2D eigenvalue weighted by atomic mass is 10.2. The third-order valence-corrected chi connectivity index (χ3v) is 3.54. The van der Waals surface area contributed by atoms with E-state index in [4.69, 9.17) is 9.47 Å². The molecular formula is C16H14BrFO4. The van der Waals surface area contributed by atoms with E-state index in [9.17, 15) is 9.18 Å². The summed E-state index contributed by atoms with van der Waals surface area (Å²) in [6.45, 7) is 0.243. The smallest absolute Gasteiger partial charge is 0.338 e. The molecule has 0 fully saturated rings. The van der Waals surface area contributed by atoms with Gasteiger partial charge in [-0.2, -0.15) is 0 Å². The maximum atomic E-state index is 12.9. The summed E-state index contributed by atoms with van der Waals surface area (Å²) in [5, 5.41) is 0. The van der Waals surface area contributed by atoms with Crippen molar-refractivity contribution in [2.24, 2.45) is 0 Å². The quantitative estimate of drug-likeness (QED) is 0.749. The third kappa shape index (κ3) is 3.76. The van der Waals surface area contributed by atoms with Crippen LogP contribution in [0.3, 0.4) is 0 Å². The molecule has 116 valence electrons. The summed E-state index contributed by atoms with van der Waals surface area (Å²) in [5.41, 5.74) is 1.16. The fourth-order valence-corrected chi connectivity index (χ4v) is 2.39. The number of carbonyl (C=O) groups is 1. The van der Waals surface area contributed by atoms with Crippen LogP contribution < -0.4 is 9.47 Å². The molecule has 22 heavy (non-hydrogen) atoms. The van der Waals surface area contributed by atoms with E-state index in [-0.39, 0.29) is 12.4 Å². The number of carbonyl (C=O) groups excluding carboxylic acids is 1. The molecule has 0 aliphatic carbocycles. The molecule has 2 rings (SSSR count). The van der Waals surface area contributed by atoms with Gasteiger partial charge in [0.25, 0.3) is 0 Å². The fourth-order valence-electron chi connectivity index (χ4n) is 1.83. The number of hydrogen-bond donors (Lipinski definition) is 0. The Morgan fingerprint density at radius 1 is 1.18 bits per heavy atom. The Kier molecular flexibility index (Phi) is 5.38. The average Bonchev–Trinajstić information content (AvgIpc) is 2.53. The van der Waals surface area contributed by atoms with Gasteiger partial charge in [0.2, 0.25) is 0 Å². The van der Waals surface area contributed by atoms with Gasteiger partial charge in [0, 0.05) is 0 Å². The monoisotopic (exact) mass is 368 g/mol. The number of rotatable bonds is 5. The van der Waals surface area contributed by atoms with Gasteiger partial charge < -0.3 is 14.2 Å². The first-order chi connectivity index (χ1) is 10.5. The van der Waals surface area contributed by atoms with E-state index in [1.807, 2.05) is 0 Å². The van der Waals surface area contributed by atoms with Crippen molar-refractivity contribution < 1.29 is 23.4 Å². The Balaban J connectivity index is 2.23. The topological polar surface area (TPSA) is 44.8 Å². The Morgan fingerprint density at radius 3 is 2.45 bits per heavy atom. The zero-order valence-corrected chi connectivity index (χ0v) is 13.6. The van der Waals surface area contributed by atoms with Gasteiger partial charge in [-0.1, -0.05) is 12.1 Å². The lowest BCUT2D eigenvalue weighted by molar-refractivity contribution is 0.0600. The molecule has 0 unspecified atom stereocenters. The number of ether oxygens (including phenoxy) is 3. The van der Waals surface area contributed by atoms with Crippen LogP contribution in [-0.4, -0.2) is 20.2 Å². The van der Waals surface area contributed by atoms with Crippen LogP contribution in [-0.2, 0) is 11.3 Å². The zero-order chi connectivity index (χ0) is 16.1. The Morgan fingerprint density at radius 2 is 1.86 bits per heavy atom. The maximum Gasteiger partial charge on any atom is 0.338 e. The van der Waals surface area contributed by atoms with E-state index in [2.05, 4.69) is 20.7 Å². The number of hydrogen-bond acceptors (Lipinski definition) is 4. The molecule has 0 aliphatic heterocycles. The highest BCUT2D eigenvalue weighted by molar-refractivity contribution is 9.10. The van der Waals surface area contributed by atoms with E-state index in [0.29, 0.717) is 21.5 Å².